The first-order valence-electron chi connectivity index (χ1n) is 5.21. The highest BCUT2D eigenvalue weighted by Gasteiger charge is 2.04. The average molecular weight is 196 g/mol. The zero-order valence-corrected chi connectivity index (χ0v) is 9.26. The van der Waals surface area contributed by atoms with Crippen molar-refractivity contribution in [2.45, 2.75) is 33.4 Å². The van der Waals surface area contributed by atoms with Gasteiger partial charge in [-0.2, -0.15) is 0 Å². The van der Waals surface area contributed by atoms with Crippen LogP contribution in [0.3, 0.4) is 0 Å². The fourth-order valence-electron chi connectivity index (χ4n) is 1.29. The van der Waals surface area contributed by atoms with Gasteiger partial charge in [0.1, 0.15) is 5.76 Å². The maximum atomic E-state index is 5.34. The second-order valence-electron chi connectivity index (χ2n) is 3.62. The number of hydrogen-bond acceptors (Lipinski definition) is 3. The van der Waals surface area contributed by atoms with Crippen LogP contribution >= 0.6 is 0 Å². The van der Waals surface area contributed by atoms with Gasteiger partial charge in [0.2, 0.25) is 0 Å². The molecule has 0 aliphatic carbocycles. The molecule has 0 radical (unpaired) electrons. The Morgan fingerprint density at radius 3 is 2.86 bits per heavy atom. The molecule has 3 nitrogen and oxygen atoms in total. The van der Waals surface area contributed by atoms with Crippen molar-refractivity contribution in [1.82, 2.24) is 10.6 Å². The number of nitrogens with one attached hydrogen (secondary N) is 2. The van der Waals surface area contributed by atoms with Crippen LogP contribution in [0.25, 0.3) is 0 Å². The van der Waals surface area contributed by atoms with E-state index in [1.165, 1.54) is 5.56 Å². The van der Waals surface area contributed by atoms with E-state index in [0.717, 1.165) is 25.4 Å². The molecule has 80 valence electrons. The number of rotatable bonds is 6. The van der Waals surface area contributed by atoms with Crippen molar-refractivity contribution in [2.75, 3.05) is 13.1 Å². The molecular weight excluding hydrogens is 176 g/mol. The maximum absolute atomic E-state index is 5.34. The largest absolute Gasteiger partial charge is 0.468 e. The topological polar surface area (TPSA) is 37.2 Å². The molecule has 0 fully saturated rings. The number of aryl methyl sites for hydroxylation is 1. The summed E-state index contributed by atoms with van der Waals surface area (Å²) in [6, 6.07) is 2.46. The fourth-order valence-corrected chi connectivity index (χ4v) is 1.29. The third-order valence-corrected chi connectivity index (χ3v) is 2.28. The highest BCUT2D eigenvalue weighted by Crippen LogP contribution is 2.07. The van der Waals surface area contributed by atoms with E-state index in [9.17, 15) is 0 Å². The zero-order valence-electron chi connectivity index (χ0n) is 9.26. The first-order valence-corrected chi connectivity index (χ1v) is 5.21. The van der Waals surface area contributed by atoms with Crippen LogP contribution in [0.4, 0.5) is 0 Å². The first-order chi connectivity index (χ1) is 6.74. The molecule has 2 N–H and O–H groups in total. The normalized spacial score (nSPS) is 13.1. The van der Waals surface area contributed by atoms with Crippen molar-refractivity contribution in [3.8, 4) is 0 Å². The SMILES string of the molecule is CCNCC(C)NCc1occc1C. The van der Waals surface area contributed by atoms with E-state index in [1.54, 1.807) is 6.26 Å². The van der Waals surface area contributed by atoms with E-state index in [1.807, 2.05) is 6.07 Å². The van der Waals surface area contributed by atoms with E-state index in [0.29, 0.717) is 6.04 Å². The van der Waals surface area contributed by atoms with Crippen LogP contribution in [0.15, 0.2) is 16.7 Å². The molecule has 0 aliphatic heterocycles. The summed E-state index contributed by atoms with van der Waals surface area (Å²) in [5, 5.41) is 6.70. The summed E-state index contributed by atoms with van der Waals surface area (Å²) in [4.78, 5) is 0. The van der Waals surface area contributed by atoms with Crippen molar-refractivity contribution in [3.63, 3.8) is 0 Å². The van der Waals surface area contributed by atoms with Crippen molar-refractivity contribution >= 4 is 0 Å². The first kappa shape index (κ1) is 11.3. The van der Waals surface area contributed by atoms with E-state index in [-0.39, 0.29) is 0 Å². The van der Waals surface area contributed by atoms with Crippen LogP contribution < -0.4 is 10.6 Å². The molecule has 0 spiro atoms. The van der Waals surface area contributed by atoms with Gasteiger partial charge in [-0.1, -0.05) is 6.92 Å². The number of hydrogen-bond donors (Lipinski definition) is 2. The summed E-state index contributed by atoms with van der Waals surface area (Å²) in [6.07, 6.45) is 1.74. The predicted octanol–water partition coefficient (Wildman–Crippen LogP) is 1.68. The van der Waals surface area contributed by atoms with Gasteiger partial charge in [0.05, 0.1) is 12.8 Å². The molecule has 0 bridgehead atoms. The van der Waals surface area contributed by atoms with Gasteiger partial charge in [-0.25, -0.2) is 0 Å². The minimum Gasteiger partial charge on any atom is -0.468 e. The van der Waals surface area contributed by atoms with Gasteiger partial charge < -0.3 is 15.1 Å². The van der Waals surface area contributed by atoms with Crippen molar-refractivity contribution in [1.29, 1.82) is 0 Å². The lowest BCUT2D eigenvalue weighted by Crippen LogP contribution is -2.35. The third kappa shape index (κ3) is 3.52. The predicted molar refractivity (Wildman–Crippen MR) is 58.3 cm³/mol. The van der Waals surface area contributed by atoms with Crippen LogP contribution in [-0.2, 0) is 6.54 Å². The van der Waals surface area contributed by atoms with E-state index >= 15 is 0 Å². The Morgan fingerprint density at radius 2 is 2.29 bits per heavy atom. The minimum atomic E-state index is 0.472. The molecule has 0 amide bonds. The maximum Gasteiger partial charge on any atom is 0.120 e. The van der Waals surface area contributed by atoms with Gasteiger partial charge in [0.15, 0.2) is 0 Å². The van der Waals surface area contributed by atoms with Gasteiger partial charge in [0.25, 0.3) is 0 Å². The molecule has 14 heavy (non-hydrogen) atoms. The molecule has 1 aromatic rings. The lowest BCUT2D eigenvalue weighted by molar-refractivity contribution is 0.442. The van der Waals surface area contributed by atoms with Crippen LogP contribution in [0.1, 0.15) is 25.2 Å². The Balaban J connectivity index is 2.23. The zero-order chi connectivity index (χ0) is 10.4. The lowest BCUT2D eigenvalue weighted by Gasteiger charge is -2.13. The van der Waals surface area contributed by atoms with Gasteiger partial charge >= 0.3 is 0 Å². The summed E-state index contributed by atoms with van der Waals surface area (Å²) in [5.41, 5.74) is 1.22. The molecule has 1 aromatic heterocycles. The van der Waals surface area contributed by atoms with Crippen molar-refractivity contribution < 1.29 is 4.42 Å². The standard InChI is InChI=1S/C11H20N2O/c1-4-12-7-10(3)13-8-11-9(2)5-6-14-11/h5-6,10,12-13H,4,7-8H2,1-3H3. The molecular formula is C11H20N2O. The van der Waals surface area contributed by atoms with Gasteiger partial charge in [0, 0.05) is 12.6 Å². The Kier molecular flexibility index (Phi) is 4.70. The summed E-state index contributed by atoms with van der Waals surface area (Å²) in [7, 11) is 0. The lowest BCUT2D eigenvalue weighted by atomic mass is 10.2. The van der Waals surface area contributed by atoms with E-state index in [4.69, 9.17) is 4.42 Å². The van der Waals surface area contributed by atoms with Crippen molar-refractivity contribution in [3.05, 3.63) is 23.7 Å². The van der Waals surface area contributed by atoms with E-state index < -0.39 is 0 Å². The molecule has 1 heterocycles. The van der Waals surface area contributed by atoms with Crippen LogP contribution in [0, 0.1) is 6.92 Å². The highest BCUT2D eigenvalue weighted by atomic mass is 16.3. The summed E-state index contributed by atoms with van der Waals surface area (Å²) in [6.45, 7) is 9.17. The molecule has 0 aliphatic rings. The fraction of sp³-hybridized carbons (Fsp3) is 0.636. The summed E-state index contributed by atoms with van der Waals surface area (Å²) < 4.78 is 5.34. The van der Waals surface area contributed by atoms with Crippen LogP contribution in [-0.4, -0.2) is 19.1 Å². The van der Waals surface area contributed by atoms with Crippen LogP contribution in [0.5, 0.6) is 0 Å². The second kappa shape index (κ2) is 5.83. The molecule has 0 aromatic carbocycles. The molecule has 0 saturated heterocycles. The van der Waals surface area contributed by atoms with Crippen molar-refractivity contribution in [2.24, 2.45) is 0 Å². The Bertz CT molecular complexity index is 258. The number of furan rings is 1. The second-order valence-corrected chi connectivity index (χ2v) is 3.62. The van der Waals surface area contributed by atoms with Gasteiger partial charge in [-0.05, 0) is 32.0 Å². The highest BCUT2D eigenvalue weighted by molar-refractivity contribution is 5.14. The van der Waals surface area contributed by atoms with Crippen LogP contribution in [0.2, 0.25) is 0 Å². The Hall–Kier alpha value is -0.800. The quantitative estimate of drug-likeness (QED) is 0.727. The smallest absolute Gasteiger partial charge is 0.120 e. The monoisotopic (exact) mass is 196 g/mol. The third-order valence-electron chi connectivity index (χ3n) is 2.28. The summed E-state index contributed by atoms with van der Waals surface area (Å²) in [5.74, 6) is 1.04. The molecule has 0 saturated carbocycles. The minimum absolute atomic E-state index is 0.472. The Morgan fingerprint density at radius 1 is 1.50 bits per heavy atom. The summed E-state index contributed by atoms with van der Waals surface area (Å²) >= 11 is 0. The molecule has 1 atom stereocenters. The number of likely N-dealkylation sites (N-methyl/N-ethyl adjacent to an activating group) is 1. The Labute approximate surface area is 85.9 Å². The van der Waals surface area contributed by atoms with Gasteiger partial charge in [-0.3, -0.25) is 0 Å². The van der Waals surface area contributed by atoms with E-state index in [2.05, 4.69) is 31.4 Å². The molecule has 3 heteroatoms. The molecule has 1 unspecified atom stereocenters. The average Bonchev–Trinajstić information content (AvgIpc) is 2.58. The van der Waals surface area contributed by atoms with Gasteiger partial charge in [-0.15, -0.1) is 0 Å². The molecule has 1 rings (SSSR count).